The first kappa shape index (κ1) is 16.5. The number of unbranched alkanes of at least 4 members (excludes halogenated alkanes) is 1. The molecule has 0 fully saturated rings. The lowest BCUT2D eigenvalue weighted by molar-refractivity contribution is -0.150. The van der Waals surface area contributed by atoms with Crippen LogP contribution in [0.1, 0.15) is 44.8 Å². The molecule has 0 spiro atoms. The second kappa shape index (κ2) is 8.59. The fourth-order valence-corrected chi connectivity index (χ4v) is 2.17. The summed E-state index contributed by atoms with van der Waals surface area (Å²) in [6.07, 6.45) is 1.60. The molecule has 1 rings (SSSR count). The summed E-state index contributed by atoms with van der Waals surface area (Å²) in [5, 5.41) is 10.4. The third kappa shape index (κ3) is 4.53. The van der Waals surface area contributed by atoms with Crippen molar-refractivity contribution in [3.63, 3.8) is 0 Å². The minimum Gasteiger partial charge on any atom is -0.494 e. The summed E-state index contributed by atoms with van der Waals surface area (Å²) in [5.41, 5.74) is 0.683. The first-order chi connectivity index (χ1) is 9.63. The first-order valence-electron chi connectivity index (χ1n) is 7.12. The van der Waals surface area contributed by atoms with Gasteiger partial charge in [-0.2, -0.15) is 0 Å². The van der Waals surface area contributed by atoms with Gasteiger partial charge in [0, 0.05) is 0 Å². The molecule has 1 aromatic rings. The smallest absolute Gasteiger partial charge is 0.311 e. The van der Waals surface area contributed by atoms with Crippen molar-refractivity contribution in [3.05, 3.63) is 29.8 Å². The Kier molecular flexibility index (Phi) is 7.09. The van der Waals surface area contributed by atoms with E-state index in [2.05, 4.69) is 6.92 Å². The number of esters is 1. The SMILES string of the molecule is CCCCC(C(=O)OC)C(O)c1cccc(OCC)c1. The normalized spacial score (nSPS) is 13.6. The van der Waals surface area contributed by atoms with Crippen molar-refractivity contribution in [1.82, 2.24) is 0 Å². The fourth-order valence-electron chi connectivity index (χ4n) is 2.17. The minimum absolute atomic E-state index is 0.368. The van der Waals surface area contributed by atoms with Gasteiger partial charge in [0.1, 0.15) is 5.75 Å². The molecular formula is C16H24O4. The minimum atomic E-state index is -0.866. The third-order valence-corrected chi connectivity index (χ3v) is 3.26. The van der Waals surface area contributed by atoms with Gasteiger partial charge in [-0.1, -0.05) is 31.9 Å². The zero-order valence-corrected chi connectivity index (χ0v) is 12.5. The maximum absolute atomic E-state index is 11.8. The fraction of sp³-hybridized carbons (Fsp3) is 0.562. The van der Waals surface area contributed by atoms with Gasteiger partial charge in [-0.25, -0.2) is 0 Å². The van der Waals surface area contributed by atoms with Crippen molar-refractivity contribution in [2.24, 2.45) is 5.92 Å². The van der Waals surface area contributed by atoms with Gasteiger partial charge in [-0.05, 0) is 31.0 Å². The molecular weight excluding hydrogens is 256 g/mol. The second-order valence-corrected chi connectivity index (χ2v) is 4.72. The molecule has 20 heavy (non-hydrogen) atoms. The molecule has 0 saturated heterocycles. The van der Waals surface area contributed by atoms with Crippen LogP contribution >= 0.6 is 0 Å². The van der Waals surface area contributed by atoms with Gasteiger partial charge in [0.05, 0.1) is 25.7 Å². The quantitative estimate of drug-likeness (QED) is 0.743. The molecule has 0 aliphatic carbocycles. The zero-order valence-electron chi connectivity index (χ0n) is 12.5. The summed E-state index contributed by atoms with van der Waals surface area (Å²) >= 11 is 0. The second-order valence-electron chi connectivity index (χ2n) is 4.72. The van der Waals surface area contributed by atoms with Gasteiger partial charge in [0.2, 0.25) is 0 Å². The average molecular weight is 280 g/mol. The van der Waals surface area contributed by atoms with E-state index < -0.39 is 12.0 Å². The summed E-state index contributed by atoms with van der Waals surface area (Å²) in [6.45, 7) is 4.52. The molecule has 0 aromatic heterocycles. The van der Waals surface area contributed by atoms with Crippen LogP contribution in [0.4, 0.5) is 0 Å². The Hall–Kier alpha value is -1.55. The lowest BCUT2D eigenvalue weighted by Crippen LogP contribution is -2.23. The summed E-state index contributed by atoms with van der Waals surface area (Å²) in [7, 11) is 1.35. The molecule has 0 heterocycles. The number of carbonyl (C=O) groups excluding carboxylic acids is 1. The molecule has 2 unspecified atom stereocenters. The Labute approximate surface area is 120 Å². The molecule has 112 valence electrons. The van der Waals surface area contributed by atoms with Crippen LogP contribution in [-0.2, 0) is 9.53 Å². The number of benzene rings is 1. The Bertz CT molecular complexity index is 417. The van der Waals surface area contributed by atoms with Crippen LogP contribution in [0.3, 0.4) is 0 Å². The number of hydrogen-bond acceptors (Lipinski definition) is 4. The van der Waals surface area contributed by atoms with E-state index in [0.717, 1.165) is 12.8 Å². The van der Waals surface area contributed by atoms with E-state index in [9.17, 15) is 9.90 Å². The van der Waals surface area contributed by atoms with Gasteiger partial charge in [0.25, 0.3) is 0 Å². The molecule has 2 atom stereocenters. The Balaban J connectivity index is 2.89. The van der Waals surface area contributed by atoms with E-state index >= 15 is 0 Å². The average Bonchev–Trinajstić information content (AvgIpc) is 2.47. The van der Waals surface area contributed by atoms with Gasteiger partial charge in [-0.15, -0.1) is 0 Å². The van der Waals surface area contributed by atoms with E-state index in [0.29, 0.717) is 24.3 Å². The highest BCUT2D eigenvalue weighted by Crippen LogP contribution is 2.29. The largest absolute Gasteiger partial charge is 0.494 e. The lowest BCUT2D eigenvalue weighted by atomic mass is 9.91. The van der Waals surface area contributed by atoms with Crippen molar-refractivity contribution in [2.75, 3.05) is 13.7 Å². The first-order valence-corrected chi connectivity index (χ1v) is 7.12. The summed E-state index contributed by atoms with van der Waals surface area (Å²) < 4.78 is 10.2. The van der Waals surface area contributed by atoms with Gasteiger partial charge < -0.3 is 14.6 Å². The molecule has 0 aliphatic rings. The predicted molar refractivity (Wildman–Crippen MR) is 77.6 cm³/mol. The molecule has 4 nitrogen and oxygen atoms in total. The van der Waals surface area contributed by atoms with Crippen molar-refractivity contribution in [2.45, 2.75) is 39.2 Å². The summed E-state index contributed by atoms with van der Waals surface area (Å²) in [6, 6.07) is 7.22. The molecule has 0 amide bonds. The van der Waals surface area contributed by atoms with Crippen molar-refractivity contribution in [1.29, 1.82) is 0 Å². The van der Waals surface area contributed by atoms with E-state index in [1.54, 1.807) is 12.1 Å². The topological polar surface area (TPSA) is 55.8 Å². The van der Waals surface area contributed by atoms with Crippen LogP contribution in [0.5, 0.6) is 5.75 Å². The van der Waals surface area contributed by atoms with Crippen LogP contribution in [0.25, 0.3) is 0 Å². The number of rotatable bonds is 8. The molecule has 1 N–H and O–H groups in total. The van der Waals surface area contributed by atoms with Gasteiger partial charge in [-0.3, -0.25) is 4.79 Å². The monoisotopic (exact) mass is 280 g/mol. The van der Waals surface area contributed by atoms with E-state index in [-0.39, 0.29) is 5.97 Å². The highest BCUT2D eigenvalue weighted by molar-refractivity contribution is 5.73. The molecule has 0 radical (unpaired) electrons. The highest BCUT2D eigenvalue weighted by atomic mass is 16.5. The summed E-state index contributed by atoms with van der Waals surface area (Å²) in [5.74, 6) is -0.201. The number of carbonyl (C=O) groups is 1. The standard InChI is InChI=1S/C16H24O4/c1-4-6-10-14(16(18)19-3)15(17)12-8-7-9-13(11-12)20-5-2/h7-9,11,14-15,17H,4-6,10H2,1-3H3. The van der Waals surface area contributed by atoms with E-state index in [1.165, 1.54) is 7.11 Å². The van der Waals surface area contributed by atoms with Crippen molar-refractivity contribution in [3.8, 4) is 5.75 Å². The van der Waals surface area contributed by atoms with Crippen LogP contribution in [0.2, 0.25) is 0 Å². The van der Waals surface area contributed by atoms with Crippen LogP contribution in [0.15, 0.2) is 24.3 Å². The predicted octanol–water partition coefficient (Wildman–Crippen LogP) is 3.10. The molecule has 1 aromatic carbocycles. The number of hydrogen-bond donors (Lipinski definition) is 1. The Morgan fingerprint density at radius 1 is 1.35 bits per heavy atom. The highest BCUT2D eigenvalue weighted by Gasteiger charge is 2.28. The van der Waals surface area contributed by atoms with Crippen LogP contribution in [-0.4, -0.2) is 24.8 Å². The molecule has 0 bridgehead atoms. The van der Waals surface area contributed by atoms with Crippen molar-refractivity contribution < 1.29 is 19.4 Å². The van der Waals surface area contributed by atoms with Crippen LogP contribution < -0.4 is 4.74 Å². The number of aliphatic hydroxyl groups excluding tert-OH is 1. The van der Waals surface area contributed by atoms with Gasteiger partial charge >= 0.3 is 5.97 Å². The number of aliphatic hydroxyl groups is 1. The molecule has 4 heteroatoms. The number of ether oxygens (including phenoxy) is 2. The summed E-state index contributed by atoms with van der Waals surface area (Å²) in [4.78, 5) is 11.8. The van der Waals surface area contributed by atoms with E-state index in [4.69, 9.17) is 9.47 Å². The Morgan fingerprint density at radius 3 is 2.70 bits per heavy atom. The molecule has 0 saturated carbocycles. The van der Waals surface area contributed by atoms with E-state index in [1.807, 2.05) is 19.1 Å². The van der Waals surface area contributed by atoms with Crippen LogP contribution in [0, 0.1) is 5.92 Å². The van der Waals surface area contributed by atoms with Crippen molar-refractivity contribution >= 4 is 5.97 Å². The Morgan fingerprint density at radius 2 is 2.10 bits per heavy atom. The maximum atomic E-state index is 11.8. The maximum Gasteiger partial charge on any atom is 0.311 e. The lowest BCUT2D eigenvalue weighted by Gasteiger charge is -2.21. The zero-order chi connectivity index (χ0) is 15.0. The number of methoxy groups -OCH3 is 1. The molecule has 0 aliphatic heterocycles. The van der Waals surface area contributed by atoms with Gasteiger partial charge in [0.15, 0.2) is 0 Å². The third-order valence-electron chi connectivity index (χ3n) is 3.26.